The fourth-order valence-electron chi connectivity index (χ4n) is 4.51. The third kappa shape index (κ3) is 5.70. The maximum absolute atomic E-state index is 12.7. The van der Waals surface area contributed by atoms with E-state index in [1.165, 1.54) is 0 Å². The van der Waals surface area contributed by atoms with Crippen molar-refractivity contribution >= 4 is 40.5 Å². The smallest absolute Gasteiger partial charge is 0.310 e. The van der Waals surface area contributed by atoms with Crippen molar-refractivity contribution in [2.75, 3.05) is 57.2 Å². The van der Waals surface area contributed by atoms with Gasteiger partial charge in [-0.05, 0) is 42.5 Å². The van der Waals surface area contributed by atoms with Crippen molar-refractivity contribution in [3.63, 3.8) is 0 Å². The molecule has 0 bridgehead atoms. The molecular formula is C29H31N4O5+. The summed E-state index contributed by atoms with van der Waals surface area (Å²) in [5.74, 6) is 0.908. The van der Waals surface area contributed by atoms with Gasteiger partial charge in [0.05, 0.1) is 30.7 Å². The van der Waals surface area contributed by atoms with Gasteiger partial charge in [-0.15, -0.1) is 0 Å². The number of nitrogen functional groups attached to an aromatic ring is 1. The predicted octanol–water partition coefficient (Wildman–Crippen LogP) is 4.10. The van der Waals surface area contributed by atoms with E-state index in [0.717, 1.165) is 30.5 Å². The van der Waals surface area contributed by atoms with E-state index in [2.05, 4.69) is 10.2 Å². The molecule has 1 aromatic heterocycles. The minimum absolute atomic E-state index is 0.0341. The number of para-hydroxylation sites is 3. The summed E-state index contributed by atoms with van der Waals surface area (Å²) in [6.07, 6.45) is 0.930. The summed E-state index contributed by atoms with van der Waals surface area (Å²) in [6.45, 7) is 3.85. The number of rotatable bonds is 10. The number of nitrogens with two attached hydrogens (primary N) is 1. The molecule has 9 heteroatoms. The van der Waals surface area contributed by atoms with Gasteiger partial charge in [0.15, 0.2) is 0 Å². The van der Waals surface area contributed by atoms with E-state index in [0.29, 0.717) is 55.0 Å². The number of quaternary nitrogens is 1. The highest BCUT2D eigenvalue weighted by molar-refractivity contribution is 6.05. The number of nitrogens with zero attached hydrogens (tertiary/aromatic N) is 2. The van der Waals surface area contributed by atoms with Gasteiger partial charge in [0.1, 0.15) is 31.2 Å². The molecule has 1 saturated heterocycles. The molecule has 196 valence electrons. The Morgan fingerprint density at radius 2 is 1.76 bits per heavy atom. The molecule has 1 fully saturated rings. The molecule has 1 aliphatic rings. The van der Waals surface area contributed by atoms with Gasteiger partial charge in [-0.1, -0.05) is 30.3 Å². The van der Waals surface area contributed by atoms with Gasteiger partial charge in [-0.2, -0.15) is 4.48 Å². The van der Waals surface area contributed by atoms with Crippen LogP contribution in [0.25, 0.3) is 11.0 Å². The summed E-state index contributed by atoms with van der Waals surface area (Å²) in [4.78, 5) is 27.5. The zero-order chi connectivity index (χ0) is 26.4. The molecule has 0 radical (unpaired) electrons. The van der Waals surface area contributed by atoms with Crippen LogP contribution in [0.2, 0.25) is 0 Å². The lowest BCUT2D eigenvalue weighted by Crippen LogP contribution is -2.58. The Morgan fingerprint density at radius 1 is 1.03 bits per heavy atom. The van der Waals surface area contributed by atoms with E-state index < -0.39 is 0 Å². The standard InChI is InChI=1S/C29H30N4O5/c30-25-6-2-3-7-26(25)31-29(35)22-9-11-24(12-10-22)37-18-15-33(21-34,20-32-13-16-36-17-14-32)28-19-23-5-1-4-8-27(23)38-28/h1-12,19,21H,13-18,20,30H2/p+1. The van der Waals surface area contributed by atoms with Crippen LogP contribution in [0.3, 0.4) is 0 Å². The molecule has 9 nitrogen and oxygen atoms in total. The van der Waals surface area contributed by atoms with Crippen molar-refractivity contribution in [2.24, 2.45) is 0 Å². The fraction of sp³-hybridized carbons (Fsp3) is 0.241. The molecule has 1 unspecified atom stereocenters. The van der Waals surface area contributed by atoms with Crippen LogP contribution in [0.5, 0.6) is 5.75 Å². The highest BCUT2D eigenvalue weighted by atomic mass is 16.5. The molecule has 0 aliphatic carbocycles. The van der Waals surface area contributed by atoms with Gasteiger partial charge in [0.2, 0.25) is 0 Å². The van der Waals surface area contributed by atoms with Crippen LogP contribution in [0.15, 0.2) is 83.3 Å². The van der Waals surface area contributed by atoms with Crippen LogP contribution in [-0.4, -0.2) is 63.3 Å². The topological polar surface area (TPSA) is 107 Å². The highest BCUT2D eigenvalue weighted by Gasteiger charge is 2.37. The molecule has 2 amide bonds. The number of amides is 2. The molecule has 3 N–H and O–H groups in total. The summed E-state index contributed by atoms with van der Waals surface area (Å²) in [5, 5.41) is 3.76. The number of nitrogens with one attached hydrogen (secondary N) is 1. The maximum Gasteiger partial charge on any atom is 0.310 e. The Hall–Kier alpha value is -4.18. The first-order valence-corrected chi connectivity index (χ1v) is 12.6. The van der Waals surface area contributed by atoms with E-state index >= 15 is 0 Å². The zero-order valence-corrected chi connectivity index (χ0v) is 21.0. The molecule has 2 heterocycles. The molecule has 1 aliphatic heterocycles. The molecule has 4 aromatic rings. The van der Waals surface area contributed by atoms with Crippen molar-refractivity contribution < 1.29 is 23.5 Å². The van der Waals surface area contributed by atoms with Crippen molar-refractivity contribution in [2.45, 2.75) is 0 Å². The number of hydrogen-bond acceptors (Lipinski definition) is 7. The minimum Gasteiger partial charge on any atom is -0.488 e. The largest absolute Gasteiger partial charge is 0.488 e. The molecule has 0 spiro atoms. The number of furan rings is 1. The Labute approximate surface area is 220 Å². The van der Waals surface area contributed by atoms with Crippen LogP contribution in [0, 0.1) is 0 Å². The van der Waals surface area contributed by atoms with Gasteiger partial charge in [-0.3, -0.25) is 9.69 Å². The summed E-state index contributed by atoms with van der Waals surface area (Å²) in [6, 6.07) is 23.6. The summed E-state index contributed by atoms with van der Waals surface area (Å²) in [5.41, 5.74) is 8.20. The molecular weight excluding hydrogens is 484 g/mol. The van der Waals surface area contributed by atoms with E-state index in [9.17, 15) is 9.59 Å². The Bertz CT molecular complexity index is 1360. The normalized spacial score (nSPS) is 15.6. The zero-order valence-electron chi connectivity index (χ0n) is 21.0. The quantitative estimate of drug-likeness (QED) is 0.186. The van der Waals surface area contributed by atoms with Gasteiger partial charge in [0, 0.05) is 24.0 Å². The first-order chi connectivity index (χ1) is 18.6. The van der Waals surface area contributed by atoms with Crippen LogP contribution >= 0.6 is 0 Å². The summed E-state index contributed by atoms with van der Waals surface area (Å²) >= 11 is 0. The molecule has 3 aromatic carbocycles. The molecule has 1 atom stereocenters. The van der Waals surface area contributed by atoms with E-state index in [1.807, 2.05) is 42.5 Å². The Balaban J connectivity index is 1.27. The number of carbonyl (C=O) groups excluding carboxylic acids is 2. The average Bonchev–Trinajstić information content (AvgIpc) is 3.40. The fourth-order valence-corrected chi connectivity index (χ4v) is 4.51. The van der Waals surface area contributed by atoms with Crippen LogP contribution < -0.4 is 20.3 Å². The van der Waals surface area contributed by atoms with Gasteiger partial charge in [-0.25, -0.2) is 4.79 Å². The SMILES string of the molecule is Nc1ccccc1NC(=O)c1ccc(OCC[N+](C=O)(CN2CCOCC2)c2cc3ccccc3o2)cc1. The van der Waals surface area contributed by atoms with Gasteiger partial charge in [0.25, 0.3) is 5.91 Å². The highest BCUT2D eigenvalue weighted by Crippen LogP contribution is 2.30. The van der Waals surface area contributed by atoms with Crippen LogP contribution in [0.4, 0.5) is 17.3 Å². The summed E-state index contributed by atoms with van der Waals surface area (Å²) < 4.78 is 17.6. The van der Waals surface area contributed by atoms with E-state index in [4.69, 9.17) is 19.6 Å². The molecule has 5 rings (SSSR count). The van der Waals surface area contributed by atoms with E-state index in [-0.39, 0.29) is 17.0 Å². The lowest BCUT2D eigenvalue weighted by Gasteiger charge is -2.35. The van der Waals surface area contributed by atoms with Crippen LogP contribution in [0.1, 0.15) is 10.4 Å². The lowest BCUT2D eigenvalue weighted by atomic mass is 10.2. The number of carbonyl (C=O) groups is 2. The van der Waals surface area contributed by atoms with Gasteiger partial charge >= 0.3 is 12.3 Å². The van der Waals surface area contributed by atoms with Crippen molar-refractivity contribution in [1.82, 2.24) is 9.38 Å². The monoisotopic (exact) mass is 515 g/mol. The number of morpholine rings is 1. The first kappa shape index (κ1) is 25.5. The Kier molecular flexibility index (Phi) is 7.69. The van der Waals surface area contributed by atoms with Crippen molar-refractivity contribution in [3.8, 4) is 5.75 Å². The second-order valence-corrected chi connectivity index (χ2v) is 9.27. The number of fused-ring (bicyclic) bond motifs is 1. The first-order valence-electron chi connectivity index (χ1n) is 12.6. The number of anilines is 2. The van der Waals surface area contributed by atoms with Gasteiger partial charge < -0.3 is 24.9 Å². The maximum atomic E-state index is 12.7. The lowest BCUT2D eigenvalue weighted by molar-refractivity contribution is -0.121. The number of ether oxygens (including phenoxy) is 2. The average molecular weight is 516 g/mol. The molecule has 38 heavy (non-hydrogen) atoms. The van der Waals surface area contributed by atoms with Crippen LogP contribution in [-0.2, 0) is 9.53 Å². The van der Waals surface area contributed by atoms with E-state index in [1.54, 1.807) is 36.4 Å². The number of hydrogen-bond donors (Lipinski definition) is 2. The number of benzene rings is 3. The molecule has 0 saturated carbocycles. The second-order valence-electron chi connectivity index (χ2n) is 9.27. The third-order valence-corrected chi connectivity index (χ3v) is 6.69. The predicted molar refractivity (Wildman–Crippen MR) is 147 cm³/mol. The summed E-state index contributed by atoms with van der Waals surface area (Å²) in [7, 11) is 0. The third-order valence-electron chi connectivity index (χ3n) is 6.69. The Morgan fingerprint density at radius 3 is 2.50 bits per heavy atom. The van der Waals surface area contributed by atoms with Crippen molar-refractivity contribution in [3.05, 3.63) is 84.4 Å². The minimum atomic E-state index is -0.263. The van der Waals surface area contributed by atoms with Crippen molar-refractivity contribution in [1.29, 1.82) is 0 Å². The second kappa shape index (κ2) is 11.5.